The monoisotopic (exact) mass is 427 g/mol. The third-order valence-electron chi connectivity index (χ3n) is 5.74. The molecule has 2 fully saturated rings. The number of hydrogen-bond acceptors (Lipinski definition) is 6. The van der Waals surface area contributed by atoms with Crippen LogP contribution in [0.2, 0.25) is 0 Å². The molecule has 7 nitrogen and oxygen atoms in total. The summed E-state index contributed by atoms with van der Waals surface area (Å²) >= 11 is 0. The van der Waals surface area contributed by atoms with Gasteiger partial charge >= 0.3 is 0 Å². The number of aromatic nitrogens is 2. The Morgan fingerprint density at radius 3 is 2.33 bits per heavy atom. The summed E-state index contributed by atoms with van der Waals surface area (Å²) in [4.78, 5) is 11.4. The average molecular weight is 428 g/mol. The van der Waals surface area contributed by atoms with Gasteiger partial charge in [0.05, 0.1) is 15.9 Å². The smallest absolute Gasteiger partial charge is 0.243 e. The summed E-state index contributed by atoms with van der Waals surface area (Å²) in [5.74, 6) is 0.697. The summed E-state index contributed by atoms with van der Waals surface area (Å²) in [6.07, 6.45) is 1.90. The number of fused-ring (bicyclic) bond motifs is 1. The second-order valence-electron chi connectivity index (χ2n) is 7.74. The summed E-state index contributed by atoms with van der Waals surface area (Å²) in [5, 5.41) is 0. The van der Waals surface area contributed by atoms with E-state index in [9.17, 15) is 12.8 Å². The summed E-state index contributed by atoms with van der Waals surface area (Å²) in [5.41, 5.74) is 7.93. The zero-order valence-electron chi connectivity index (χ0n) is 16.3. The topological polar surface area (TPSA) is 92.4 Å². The van der Waals surface area contributed by atoms with Crippen LogP contribution in [0.1, 0.15) is 24.3 Å². The van der Waals surface area contributed by atoms with Crippen molar-refractivity contribution in [1.82, 2.24) is 14.3 Å². The first kappa shape index (κ1) is 19.2. The standard InChI is InChI=1S/C21H22FN5O2S/c22-16-8-9-17-19(18(16)14-6-7-14)25-21(20(23)24-17)26-10-12-27(13-11-26)30(28,29)15-4-2-1-3-5-15/h1-5,8-9,14H,6-7,10-13H2,(H2,23,24). The number of rotatable bonds is 4. The molecule has 1 aliphatic heterocycles. The molecule has 0 spiro atoms. The number of nitrogens with zero attached hydrogens (tertiary/aromatic N) is 4. The number of halogens is 1. The van der Waals surface area contributed by atoms with Crippen molar-refractivity contribution in [3.05, 3.63) is 53.8 Å². The molecule has 1 aromatic heterocycles. The van der Waals surface area contributed by atoms with Gasteiger partial charge in [-0.3, -0.25) is 0 Å². The zero-order chi connectivity index (χ0) is 20.9. The van der Waals surface area contributed by atoms with Gasteiger partial charge in [0, 0.05) is 31.7 Å². The van der Waals surface area contributed by atoms with E-state index in [2.05, 4.69) is 4.98 Å². The summed E-state index contributed by atoms with van der Waals surface area (Å²) in [7, 11) is -3.54. The van der Waals surface area contributed by atoms with Gasteiger partial charge in [-0.25, -0.2) is 22.8 Å². The number of anilines is 2. The molecule has 5 rings (SSSR count). The Morgan fingerprint density at radius 2 is 1.67 bits per heavy atom. The van der Waals surface area contributed by atoms with Crippen molar-refractivity contribution in [1.29, 1.82) is 0 Å². The molecule has 30 heavy (non-hydrogen) atoms. The minimum atomic E-state index is -3.54. The van der Waals surface area contributed by atoms with Crippen LogP contribution in [0.4, 0.5) is 16.0 Å². The fourth-order valence-corrected chi connectivity index (χ4v) is 5.44. The lowest BCUT2D eigenvalue weighted by Gasteiger charge is -2.35. The van der Waals surface area contributed by atoms with Crippen LogP contribution < -0.4 is 10.6 Å². The second-order valence-corrected chi connectivity index (χ2v) is 9.68. The van der Waals surface area contributed by atoms with E-state index < -0.39 is 10.0 Å². The van der Waals surface area contributed by atoms with Gasteiger partial charge in [-0.05, 0) is 43.0 Å². The molecular formula is C21H22FN5O2S. The van der Waals surface area contributed by atoms with Gasteiger partial charge in [-0.2, -0.15) is 4.31 Å². The molecule has 0 radical (unpaired) electrons. The van der Waals surface area contributed by atoms with E-state index in [-0.39, 0.29) is 22.4 Å². The van der Waals surface area contributed by atoms with E-state index in [1.165, 1.54) is 10.4 Å². The largest absolute Gasteiger partial charge is 0.381 e. The highest BCUT2D eigenvalue weighted by atomic mass is 32.2. The van der Waals surface area contributed by atoms with Crippen molar-refractivity contribution >= 4 is 32.7 Å². The average Bonchev–Trinajstić information content (AvgIpc) is 3.59. The fraction of sp³-hybridized carbons (Fsp3) is 0.333. The molecule has 0 bridgehead atoms. The van der Waals surface area contributed by atoms with E-state index in [0.29, 0.717) is 48.6 Å². The number of hydrogen-bond donors (Lipinski definition) is 1. The highest BCUT2D eigenvalue weighted by Crippen LogP contribution is 2.44. The predicted molar refractivity (Wildman–Crippen MR) is 113 cm³/mol. The van der Waals surface area contributed by atoms with Gasteiger partial charge in [0.25, 0.3) is 0 Å². The Bertz CT molecular complexity index is 1210. The van der Waals surface area contributed by atoms with Crippen LogP contribution >= 0.6 is 0 Å². The van der Waals surface area contributed by atoms with Crippen LogP contribution in [-0.2, 0) is 10.0 Å². The number of piperazine rings is 1. The fourth-order valence-electron chi connectivity index (χ4n) is 4.00. The van der Waals surface area contributed by atoms with E-state index in [1.54, 1.807) is 36.4 Å². The van der Waals surface area contributed by atoms with E-state index in [1.807, 2.05) is 4.90 Å². The Morgan fingerprint density at radius 1 is 0.967 bits per heavy atom. The number of nitrogens with two attached hydrogens (primary N) is 1. The minimum Gasteiger partial charge on any atom is -0.381 e. The molecule has 1 aliphatic carbocycles. The minimum absolute atomic E-state index is 0.187. The van der Waals surface area contributed by atoms with Crippen molar-refractivity contribution in [2.24, 2.45) is 0 Å². The molecule has 0 atom stereocenters. The number of benzene rings is 2. The maximum Gasteiger partial charge on any atom is 0.243 e. The van der Waals surface area contributed by atoms with Crippen LogP contribution in [-0.4, -0.2) is 48.9 Å². The Kier molecular flexibility index (Phi) is 4.59. The first-order valence-corrected chi connectivity index (χ1v) is 11.4. The highest BCUT2D eigenvalue weighted by Gasteiger charge is 2.32. The molecule has 1 saturated heterocycles. The molecular weight excluding hydrogens is 405 g/mol. The maximum absolute atomic E-state index is 14.4. The van der Waals surface area contributed by atoms with Crippen LogP contribution in [0.25, 0.3) is 11.0 Å². The molecule has 3 aromatic rings. The molecule has 9 heteroatoms. The van der Waals surface area contributed by atoms with E-state index in [4.69, 9.17) is 10.7 Å². The van der Waals surface area contributed by atoms with E-state index in [0.717, 1.165) is 12.8 Å². The van der Waals surface area contributed by atoms with Crippen molar-refractivity contribution in [2.45, 2.75) is 23.7 Å². The lowest BCUT2D eigenvalue weighted by molar-refractivity contribution is 0.384. The van der Waals surface area contributed by atoms with Gasteiger partial charge in [0.2, 0.25) is 10.0 Å². The Labute approximate surface area is 174 Å². The van der Waals surface area contributed by atoms with Gasteiger partial charge in [0.1, 0.15) is 5.82 Å². The molecule has 156 valence electrons. The molecule has 0 unspecified atom stereocenters. The number of nitrogen functional groups attached to an aromatic ring is 1. The lowest BCUT2D eigenvalue weighted by atomic mass is 10.1. The maximum atomic E-state index is 14.4. The Balaban J connectivity index is 1.42. The SMILES string of the molecule is Nc1nc2ccc(F)c(C3CC3)c2nc1N1CCN(S(=O)(=O)c2ccccc2)CC1. The second kappa shape index (κ2) is 7.17. The van der Waals surface area contributed by atoms with Crippen molar-refractivity contribution in [3.8, 4) is 0 Å². The molecule has 1 saturated carbocycles. The summed E-state index contributed by atoms with van der Waals surface area (Å²) in [6.45, 7) is 1.50. The molecule has 2 aromatic carbocycles. The van der Waals surface area contributed by atoms with Gasteiger partial charge in [0.15, 0.2) is 11.6 Å². The highest BCUT2D eigenvalue weighted by molar-refractivity contribution is 7.89. The van der Waals surface area contributed by atoms with Gasteiger partial charge < -0.3 is 10.6 Å². The molecule has 2 heterocycles. The summed E-state index contributed by atoms with van der Waals surface area (Å²) in [6, 6.07) is 11.4. The lowest BCUT2D eigenvalue weighted by Crippen LogP contribution is -2.49. The zero-order valence-corrected chi connectivity index (χ0v) is 17.1. The van der Waals surface area contributed by atoms with Crippen molar-refractivity contribution in [2.75, 3.05) is 36.8 Å². The normalized spacial score (nSPS) is 18.1. The third-order valence-corrected chi connectivity index (χ3v) is 7.65. The van der Waals surface area contributed by atoms with Gasteiger partial charge in [-0.1, -0.05) is 18.2 Å². The van der Waals surface area contributed by atoms with Gasteiger partial charge in [-0.15, -0.1) is 0 Å². The van der Waals surface area contributed by atoms with Crippen molar-refractivity contribution in [3.63, 3.8) is 0 Å². The van der Waals surface area contributed by atoms with Crippen LogP contribution in [0.15, 0.2) is 47.4 Å². The summed E-state index contributed by atoms with van der Waals surface area (Å²) < 4.78 is 41.6. The Hall–Kier alpha value is -2.78. The quantitative estimate of drug-likeness (QED) is 0.688. The van der Waals surface area contributed by atoms with Crippen molar-refractivity contribution < 1.29 is 12.8 Å². The van der Waals surface area contributed by atoms with Crippen LogP contribution in [0, 0.1) is 5.82 Å². The molecule has 2 N–H and O–H groups in total. The first-order chi connectivity index (χ1) is 14.4. The molecule has 0 amide bonds. The van der Waals surface area contributed by atoms with Crippen LogP contribution in [0.5, 0.6) is 0 Å². The van der Waals surface area contributed by atoms with E-state index >= 15 is 0 Å². The molecule has 2 aliphatic rings. The predicted octanol–water partition coefficient (Wildman–Crippen LogP) is 2.74. The first-order valence-electron chi connectivity index (χ1n) is 10.0. The third kappa shape index (κ3) is 3.27. The van der Waals surface area contributed by atoms with Crippen LogP contribution in [0.3, 0.4) is 0 Å². The number of sulfonamides is 1.